The average Bonchev–Trinajstić information content (AvgIpc) is 3.57. The molecule has 2 aliphatic heterocycles. The molecular weight excluding hydrogens is 452 g/mol. The molecule has 5 rings (SSSR count). The third kappa shape index (κ3) is 4.51. The fourth-order valence-electron chi connectivity index (χ4n) is 5.06. The molecule has 34 heavy (non-hydrogen) atoms. The summed E-state index contributed by atoms with van der Waals surface area (Å²) in [7, 11) is 0. The van der Waals surface area contributed by atoms with Crippen LogP contribution in [-0.4, -0.2) is 39.3 Å². The molecule has 4 unspecified atom stereocenters. The minimum atomic E-state index is -4.50. The van der Waals surface area contributed by atoms with Gasteiger partial charge in [-0.2, -0.15) is 13.2 Å². The van der Waals surface area contributed by atoms with E-state index in [0.717, 1.165) is 25.1 Å². The minimum Gasteiger partial charge on any atom is -0.340 e. The highest BCUT2D eigenvalue weighted by atomic mass is 19.4. The number of carbonyl (C=O) groups excluding carboxylic acids is 1. The molecule has 3 aliphatic rings. The maximum absolute atomic E-state index is 13.2. The van der Waals surface area contributed by atoms with Gasteiger partial charge in [-0.3, -0.25) is 20.1 Å². The third-order valence-corrected chi connectivity index (χ3v) is 6.83. The van der Waals surface area contributed by atoms with Crippen molar-refractivity contribution in [1.82, 2.24) is 31.0 Å². The summed E-state index contributed by atoms with van der Waals surface area (Å²) in [5, 5.41) is 8.48. The average molecular weight is 478 g/mol. The molecule has 3 fully saturated rings. The topological polar surface area (TPSA) is 82.2 Å². The van der Waals surface area contributed by atoms with Crippen molar-refractivity contribution in [3.05, 3.63) is 59.4 Å². The molecule has 0 radical (unpaired) electrons. The van der Waals surface area contributed by atoms with Crippen molar-refractivity contribution >= 4 is 5.91 Å². The Morgan fingerprint density at radius 2 is 1.94 bits per heavy atom. The zero-order valence-electron chi connectivity index (χ0n) is 18.5. The van der Waals surface area contributed by atoms with Gasteiger partial charge in [0.05, 0.1) is 30.5 Å². The second-order valence-corrected chi connectivity index (χ2v) is 9.17. The molecule has 7 nitrogen and oxygen atoms in total. The third-order valence-electron chi connectivity index (χ3n) is 6.83. The summed E-state index contributed by atoms with van der Waals surface area (Å²) in [6.45, 7) is 1.95. The Labute approximate surface area is 194 Å². The van der Waals surface area contributed by atoms with Crippen LogP contribution in [0.4, 0.5) is 17.6 Å². The molecule has 4 heterocycles. The van der Waals surface area contributed by atoms with E-state index in [2.05, 4.69) is 26.0 Å². The van der Waals surface area contributed by atoms with Gasteiger partial charge < -0.3 is 5.32 Å². The molecule has 2 saturated heterocycles. The van der Waals surface area contributed by atoms with E-state index in [1.165, 1.54) is 18.3 Å². The van der Waals surface area contributed by atoms with Crippen LogP contribution in [0, 0.1) is 17.7 Å². The molecule has 1 amide bonds. The van der Waals surface area contributed by atoms with Gasteiger partial charge >= 0.3 is 6.18 Å². The lowest BCUT2D eigenvalue weighted by atomic mass is 9.91. The molecule has 0 aromatic carbocycles. The number of rotatable bonds is 6. The maximum Gasteiger partial charge on any atom is 0.433 e. The van der Waals surface area contributed by atoms with Crippen LogP contribution in [0.5, 0.6) is 0 Å². The van der Waals surface area contributed by atoms with Crippen molar-refractivity contribution in [2.24, 2.45) is 11.8 Å². The number of amides is 1. The van der Waals surface area contributed by atoms with E-state index < -0.39 is 23.9 Å². The van der Waals surface area contributed by atoms with Crippen molar-refractivity contribution in [2.75, 3.05) is 0 Å². The van der Waals surface area contributed by atoms with E-state index in [1.54, 1.807) is 6.07 Å². The minimum absolute atomic E-state index is 0.0566. The van der Waals surface area contributed by atoms with Crippen molar-refractivity contribution in [3.63, 3.8) is 0 Å². The van der Waals surface area contributed by atoms with Gasteiger partial charge in [-0.05, 0) is 48.9 Å². The molecule has 2 aromatic rings. The first-order valence-corrected chi connectivity index (χ1v) is 11.5. The molecule has 0 spiro atoms. The standard InChI is InChI=1S/C23H26F4N6O/c1-2-16(13-5-8-17(29-10-13)23(25,26)27)33-21-19(20(32-33)12-3-4-12)22(34)31-18(30-21)9-15-7-6-14(24)11-28-15/h5-8,10-12,16,18-21,30,32H,2-4,9H2,1H3,(H,31,34)/t16-,18?,19?,20?,21?/m0/s1. The second kappa shape index (κ2) is 8.86. The van der Waals surface area contributed by atoms with Crippen molar-refractivity contribution < 1.29 is 22.4 Å². The lowest BCUT2D eigenvalue weighted by molar-refractivity contribution is -0.141. The number of aromatic nitrogens is 2. The molecule has 11 heteroatoms. The van der Waals surface area contributed by atoms with Crippen LogP contribution in [0.3, 0.4) is 0 Å². The molecule has 1 aliphatic carbocycles. The zero-order chi connectivity index (χ0) is 24.0. The largest absolute Gasteiger partial charge is 0.433 e. The summed E-state index contributed by atoms with van der Waals surface area (Å²) >= 11 is 0. The van der Waals surface area contributed by atoms with Crippen molar-refractivity contribution in [3.8, 4) is 0 Å². The number of hydrogen-bond acceptors (Lipinski definition) is 6. The van der Waals surface area contributed by atoms with Gasteiger partial charge in [0.2, 0.25) is 5.91 Å². The van der Waals surface area contributed by atoms with Gasteiger partial charge in [0, 0.05) is 24.4 Å². The van der Waals surface area contributed by atoms with Crippen LogP contribution < -0.4 is 16.1 Å². The highest BCUT2D eigenvalue weighted by Crippen LogP contribution is 2.43. The number of carbonyl (C=O) groups is 1. The Balaban J connectivity index is 1.40. The number of nitrogens with zero attached hydrogens (tertiary/aromatic N) is 3. The summed E-state index contributed by atoms with van der Waals surface area (Å²) in [5.74, 6) is -0.480. The Bertz CT molecular complexity index is 1030. The number of fused-ring (bicyclic) bond motifs is 1. The normalized spacial score (nSPS) is 28.4. The number of hydrazine groups is 1. The molecule has 5 atom stereocenters. The fraction of sp³-hybridized carbons (Fsp3) is 0.522. The van der Waals surface area contributed by atoms with Gasteiger partial charge in [-0.1, -0.05) is 13.0 Å². The van der Waals surface area contributed by atoms with Crippen LogP contribution in [0.2, 0.25) is 0 Å². The van der Waals surface area contributed by atoms with E-state index in [4.69, 9.17) is 0 Å². The van der Waals surface area contributed by atoms with Crippen LogP contribution in [0.15, 0.2) is 36.7 Å². The number of halogens is 4. The summed E-state index contributed by atoms with van der Waals surface area (Å²) in [6, 6.07) is 5.01. The fourth-order valence-corrected chi connectivity index (χ4v) is 5.06. The smallest absolute Gasteiger partial charge is 0.340 e. The van der Waals surface area contributed by atoms with E-state index >= 15 is 0 Å². The van der Waals surface area contributed by atoms with E-state index in [1.807, 2.05) is 11.9 Å². The number of pyridine rings is 2. The van der Waals surface area contributed by atoms with Gasteiger partial charge in [-0.15, -0.1) is 0 Å². The van der Waals surface area contributed by atoms with Crippen LogP contribution in [0.25, 0.3) is 0 Å². The van der Waals surface area contributed by atoms with Gasteiger partial charge in [0.1, 0.15) is 11.5 Å². The predicted octanol–water partition coefficient (Wildman–Crippen LogP) is 2.91. The van der Waals surface area contributed by atoms with Gasteiger partial charge in [-0.25, -0.2) is 14.8 Å². The Morgan fingerprint density at radius 3 is 2.53 bits per heavy atom. The monoisotopic (exact) mass is 478 g/mol. The van der Waals surface area contributed by atoms with E-state index in [9.17, 15) is 22.4 Å². The lowest BCUT2D eigenvalue weighted by Crippen LogP contribution is -2.65. The van der Waals surface area contributed by atoms with Crippen LogP contribution in [0.1, 0.15) is 49.2 Å². The molecule has 2 aromatic heterocycles. The summed E-state index contributed by atoms with van der Waals surface area (Å²) in [6.07, 6.45) is 0.158. The zero-order valence-corrected chi connectivity index (χ0v) is 18.5. The van der Waals surface area contributed by atoms with Crippen molar-refractivity contribution in [2.45, 2.75) is 63.2 Å². The second-order valence-electron chi connectivity index (χ2n) is 9.17. The first kappa shape index (κ1) is 23.1. The molecule has 0 bridgehead atoms. The van der Waals surface area contributed by atoms with Crippen LogP contribution >= 0.6 is 0 Å². The first-order chi connectivity index (χ1) is 16.2. The van der Waals surface area contributed by atoms with Crippen molar-refractivity contribution in [1.29, 1.82) is 0 Å². The predicted molar refractivity (Wildman–Crippen MR) is 114 cm³/mol. The highest BCUT2D eigenvalue weighted by molar-refractivity contribution is 5.81. The molecule has 182 valence electrons. The SMILES string of the molecule is CC[C@@H](c1ccc(C(F)(F)F)nc1)N1NC(C2CC2)C2C(=O)NC(Cc3ccc(F)cn3)NC21. The lowest BCUT2D eigenvalue weighted by Gasteiger charge is -2.39. The molecular formula is C23H26F4N6O. The number of hydrogen-bond donors (Lipinski definition) is 3. The van der Waals surface area contributed by atoms with Crippen LogP contribution in [-0.2, 0) is 17.4 Å². The summed E-state index contributed by atoms with van der Waals surface area (Å²) in [5.41, 5.74) is 3.85. The Morgan fingerprint density at radius 1 is 1.15 bits per heavy atom. The summed E-state index contributed by atoms with van der Waals surface area (Å²) in [4.78, 5) is 20.9. The number of nitrogens with one attached hydrogen (secondary N) is 3. The molecule has 1 saturated carbocycles. The quantitative estimate of drug-likeness (QED) is 0.554. The van der Waals surface area contributed by atoms with Gasteiger partial charge in [0.15, 0.2) is 0 Å². The maximum atomic E-state index is 13.2. The van der Waals surface area contributed by atoms with E-state index in [-0.39, 0.29) is 30.1 Å². The Hall–Kier alpha value is -2.63. The first-order valence-electron chi connectivity index (χ1n) is 11.5. The summed E-state index contributed by atoms with van der Waals surface area (Å²) < 4.78 is 52.2. The van der Waals surface area contributed by atoms with Gasteiger partial charge in [0.25, 0.3) is 0 Å². The number of alkyl halides is 3. The Kier molecular flexibility index (Phi) is 6.03. The highest BCUT2D eigenvalue weighted by Gasteiger charge is 2.55. The van der Waals surface area contributed by atoms with E-state index in [0.29, 0.717) is 30.0 Å². The molecule has 3 N–H and O–H groups in total.